The van der Waals surface area contributed by atoms with Gasteiger partial charge in [-0.3, -0.25) is 0 Å². The molecule has 5 nitrogen and oxygen atoms in total. The van der Waals surface area contributed by atoms with Crippen molar-refractivity contribution in [3.63, 3.8) is 0 Å². The molecule has 0 aromatic carbocycles. The van der Waals surface area contributed by atoms with E-state index in [-0.39, 0.29) is 5.92 Å². The Bertz CT molecular complexity index is 681. The number of aliphatic carboxylic acids is 1. The summed E-state index contributed by atoms with van der Waals surface area (Å²) in [6.45, 7) is 3.99. The van der Waals surface area contributed by atoms with Crippen LogP contribution in [0.25, 0.3) is 10.2 Å². The maximum atomic E-state index is 11.3. The maximum Gasteiger partial charge on any atom is 0.138 e. The number of anilines is 1. The molecule has 1 N–H and O–H groups in total. The SMILES string of the molecule is CC(C)C[C@@H](Nc1ncnc2sc3c(c12)CCC3)C(=O)[O-]. The molecule has 0 saturated carbocycles. The molecule has 0 aliphatic heterocycles. The van der Waals surface area contributed by atoms with Gasteiger partial charge in [-0.25, -0.2) is 9.97 Å². The van der Waals surface area contributed by atoms with Gasteiger partial charge in [0.05, 0.1) is 17.4 Å². The molecule has 0 unspecified atom stereocenters. The van der Waals surface area contributed by atoms with Crippen LogP contribution in [0.15, 0.2) is 6.33 Å². The van der Waals surface area contributed by atoms with Gasteiger partial charge in [-0.05, 0) is 37.2 Å². The van der Waals surface area contributed by atoms with Crippen molar-refractivity contribution in [2.45, 2.75) is 45.6 Å². The Balaban J connectivity index is 1.98. The highest BCUT2D eigenvalue weighted by Gasteiger charge is 2.22. The van der Waals surface area contributed by atoms with Crippen LogP contribution in [0.1, 0.15) is 37.1 Å². The lowest BCUT2D eigenvalue weighted by Crippen LogP contribution is -2.41. The van der Waals surface area contributed by atoms with Gasteiger partial charge in [0.1, 0.15) is 17.0 Å². The standard InChI is InChI=1S/C15H19N3O2S/c1-8(2)6-10(15(19)20)18-13-12-9-4-3-5-11(9)21-14(12)17-7-16-13/h7-8,10H,3-6H2,1-2H3,(H,19,20)(H,16,17,18)/p-1/t10-/m1/s1. The van der Waals surface area contributed by atoms with Gasteiger partial charge < -0.3 is 15.2 Å². The number of hydrogen-bond donors (Lipinski definition) is 1. The number of aromatic nitrogens is 2. The number of carboxylic acid groups (broad SMARTS) is 1. The zero-order valence-corrected chi connectivity index (χ0v) is 13.0. The molecule has 0 saturated heterocycles. The van der Waals surface area contributed by atoms with Gasteiger partial charge >= 0.3 is 0 Å². The van der Waals surface area contributed by atoms with Gasteiger partial charge in [0, 0.05) is 4.88 Å². The molecule has 2 aromatic rings. The fourth-order valence-electron chi connectivity index (χ4n) is 2.89. The Morgan fingerprint density at radius 2 is 2.24 bits per heavy atom. The van der Waals surface area contributed by atoms with E-state index in [0.717, 1.165) is 29.5 Å². The minimum atomic E-state index is -1.08. The second kappa shape index (κ2) is 5.60. The van der Waals surface area contributed by atoms with Crippen LogP contribution in [0.3, 0.4) is 0 Å². The van der Waals surface area contributed by atoms with E-state index in [1.807, 2.05) is 13.8 Å². The average Bonchev–Trinajstić information content (AvgIpc) is 2.97. The molecule has 0 bridgehead atoms. The average molecular weight is 304 g/mol. The zero-order valence-electron chi connectivity index (χ0n) is 12.2. The first-order valence-corrected chi connectivity index (χ1v) is 8.10. The molecule has 2 aromatic heterocycles. The molecule has 21 heavy (non-hydrogen) atoms. The van der Waals surface area contributed by atoms with Crippen molar-refractivity contribution >= 4 is 33.3 Å². The van der Waals surface area contributed by atoms with Crippen LogP contribution in [0.5, 0.6) is 0 Å². The number of carboxylic acids is 1. The van der Waals surface area contributed by atoms with Crippen LogP contribution >= 0.6 is 11.3 Å². The number of hydrogen-bond acceptors (Lipinski definition) is 6. The van der Waals surface area contributed by atoms with Crippen LogP contribution in [-0.2, 0) is 17.6 Å². The van der Waals surface area contributed by atoms with Crippen molar-refractivity contribution < 1.29 is 9.90 Å². The highest BCUT2D eigenvalue weighted by atomic mass is 32.1. The number of carbonyl (C=O) groups is 1. The summed E-state index contributed by atoms with van der Waals surface area (Å²) in [7, 11) is 0. The second-order valence-electron chi connectivity index (χ2n) is 5.91. The maximum absolute atomic E-state index is 11.3. The molecular formula is C15H18N3O2S-. The van der Waals surface area contributed by atoms with E-state index in [9.17, 15) is 9.90 Å². The summed E-state index contributed by atoms with van der Waals surface area (Å²) in [6.07, 6.45) is 5.28. The summed E-state index contributed by atoms with van der Waals surface area (Å²) in [6, 6.07) is -0.722. The third-order valence-corrected chi connectivity index (χ3v) is 5.00. The Labute approximate surface area is 127 Å². The number of nitrogens with zero attached hydrogens (tertiary/aromatic N) is 2. The molecule has 1 aliphatic carbocycles. The highest BCUT2D eigenvalue weighted by molar-refractivity contribution is 7.19. The van der Waals surface area contributed by atoms with E-state index < -0.39 is 12.0 Å². The number of nitrogens with one attached hydrogen (secondary N) is 1. The van der Waals surface area contributed by atoms with Crippen molar-refractivity contribution in [1.29, 1.82) is 0 Å². The second-order valence-corrected chi connectivity index (χ2v) is 6.99. The molecule has 0 radical (unpaired) electrons. The third kappa shape index (κ3) is 2.72. The minimum absolute atomic E-state index is 0.269. The van der Waals surface area contributed by atoms with Gasteiger partial charge in [0.2, 0.25) is 0 Å². The Morgan fingerprint density at radius 3 is 2.95 bits per heavy atom. The zero-order chi connectivity index (χ0) is 15.0. The molecule has 0 spiro atoms. The number of fused-ring (bicyclic) bond motifs is 3. The Kier molecular flexibility index (Phi) is 3.80. The fraction of sp³-hybridized carbons (Fsp3) is 0.533. The summed E-state index contributed by atoms with van der Waals surface area (Å²) >= 11 is 1.70. The fourth-order valence-corrected chi connectivity index (χ4v) is 4.12. The lowest BCUT2D eigenvalue weighted by molar-refractivity contribution is -0.307. The van der Waals surface area contributed by atoms with Crippen LogP contribution in [0.2, 0.25) is 0 Å². The quantitative estimate of drug-likeness (QED) is 0.910. The van der Waals surface area contributed by atoms with Gasteiger partial charge in [0.25, 0.3) is 0 Å². The molecular weight excluding hydrogens is 286 g/mol. The third-order valence-electron chi connectivity index (χ3n) is 3.80. The Hall–Kier alpha value is -1.69. The predicted molar refractivity (Wildman–Crippen MR) is 81.3 cm³/mol. The van der Waals surface area contributed by atoms with Crippen LogP contribution in [0.4, 0.5) is 5.82 Å². The van der Waals surface area contributed by atoms with Crippen molar-refractivity contribution in [1.82, 2.24) is 9.97 Å². The van der Waals surface area contributed by atoms with E-state index in [4.69, 9.17) is 0 Å². The predicted octanol–water partition coefficient (Wildman–Crippen LogP) is 1.76. The summed E-state index contributed by atoms with van der Waals surface area (Å²) < 4.78 is 0. The van der Waals surface area contributed by atoms with Gasteiger partial charge in [-0.2, -0.15) is 0 Å². The van der Waals surface area contributed by atoms with E-state index in [2.05, 4.69) is 15.3 Å². The van der Waals surface area contributed by atoms with E-state index in [0.29, 0.717) is 12.2 Å². The van der Waals surface area contributed by atoms with Gasteiger partial charge in [-0.1, -0.05) is 13.8 Å². The Morgan fingerprint density at radius 1 is 1.43 bits per heavy atom. The van der Waals surface area contributed by atoms with E-state index >= 15 is 0 Å². The number of thiophene rings is 1. The van der Waals surface area contributed by atoms with Gasteiger partial charge in [-0.15, -0.1) is 11.3 Å². The highest BCUT2D eigenvalue weighted by Crippen LogP contribution is 2.39. The molecule has 0 amide bonds. The molecule has 6 heteroatoms. The molecule has 0 fully saturated rings. The molecule has 3 rings (SSSR count). The normalized spacial score (nSPS) is 15.4. The first-order valence-electron chi connectivity index (χ1n) is 7.29. The minimum Gasteiger partial charge on any atom is -0.548 e. The lowest BCUT2D eigenvalue weighted by atomic mass is 10.0. The summed E-state index contributed by atoms with van der Waals surface area (Å²) in [5, 5.41) is 15.4. The number of rotatable bonds is 5. The van der Waals surface area contributed by atoms with Gasteiger partial charge in [0.15, 0.2) is 0 Å². The first-order chi connectivity index (χ1) is 10.1. The van der Waals surface area contributed by atoms with Crippen LogP contribution in [0, 0.1) is 5.92 Å². The first kappa shape index (κ1) is 14.3. The summed E-state index contributed by atoms with van der Waals surface area (Å²) in [5.74, 6) is -0.178. The van der Waals surface area contributed by atoms with Crippen molar-refractivity contribution in [3.8, 4) is 0 Å². The smallest absolute Gasteiger partial charge is 0.138 e. The van der Waals surface area contributed by atoms with Crippen LogP contribution < -0.4 is 10.4 Å². The molecule has 2 heterocycles. The number of carbonyl (C=O) groups excluding carboxylic acids is 1. The number of aryl methyl sites for hydroxylation is 2. The summed E-state index contributed by atoms with van der Waals surface area (Å²) in [4.78, 5) is 22.2. The molecule has 1 aliphatic rings. The van der Waals surface area contributed by atoms with Crippen LogP contribution in [-0.4, -0.2) is 22.0 Å². The molecule has 112 valence electrons. The monoisotopic (exact) mass is 304 g/mol. The summed E-state index contributed by atoms with van der Waals surface area (Å²) in [5.41, 5.74) is 1.29. The largest absolute Gasteiger partial charge is 0.548 e. The lowest BCUT2D eigenvalue weighted by Gasteiger charge is -2.22. The topological polar surface area (TPSA) is 77.9 Å². The van der Waals surface area contributed by atoms with E-state index in [1.165, 1.54) is 16.8 Å². The molecule has 1 atom stereocenters. The van der Waals surface area contributed by atoms with Crippen molar-refractivity contribution in [3.05, 3.63) is 16.8 Å². The van der Waals surface area contributed by atoms with E-state index in [1.54, 1.807) is 11.3 Å². The van der Waals surface area contributed by atoms with Crippen molar-refractivity contribution in [2.24, 2.45) is 5.92 Å². The van der Waals surface area contributed by atoms with Crippen molar-refractivity contribution in [2.75, 3.05) is 5.32 Å².